The zero-order valence-corrected chi connectivity index (χ0v) is 18.9. The van der Waals surface area contributed by atoms with Gasteiger partial charge in [-0.2, -0.15) is 0 Å². The van der Waals surface area contributed by atoms with Crippen molar-refractivity contribution in [1.82, 2.24) is 0 Å². The Kier molecular flexibility index (Phi) is 3.75. The van der Waals surface area contributed by atoms with Crippen LogP contribution in [0.1, 0.15) is 0 Å². The molecule has 170 valence electrons. The number of ether oxygens (including phenoxy) is 2. The summed E-state index contributed by atoms with van der Waals surface area (Å²) < 4.78 is 18.8. The van der Waals surface area contributed by atoms with E-state index in [1.54, 1.807) is 6.07 Å². The van der Waals surface area contributed by atoms with Gasteiger partial charge in [0.2, 0.25) is 5.43 Å². The van der Waals surface area contributed by atoms with E-state index in [0.29, 0.717) is 33.4 Å². The number of fused-ring (bicyclic) bond motifs is 6. The molecule has 5 heteroatoms. The minimum absolute atomic E-state index is 0.0505. The Labute approximate surface area is 205 Å². The van der Waals surface area contributed by atoms with Gasteiger partial charge in [0, 0.05) is 5.56 Å². The number of rotatable bonds is 1. The number of anilines is 3. The second-order valence-electron chi connectivity index (χ2n) is 8.90. The van der Waals surface area contributed by atoms with E-state index in [4.69, 9.17) is 13.9 Å². The highest BCUT2D eigenvalue weighted by Crippen LogP contribution is 2.61. The molecule has 0 aliphatic carbocycles. The molecule has 0 saturated heterocycles. The smallest absolute Gasteiger partial charge is 0.200 e. The van der Waals surface area contributed by atoms with Crippen LogP contribution in [0.15, 0.2) is 112 Å². The molecular weight excluding hydrogens is 450 g/mol. The molecule has 0 atom stereocenters. The molecule has 0 spiro atoms. The molecule has 0 saturated carbocycles. The zero-order valence-electron chi connectivity index (χ0n) is 18.9. The highest BCUT2D eigenvalue weighted by Gasteiger charge is 2.36. The minimum atomic E-state index is -0.0505. The summed E-state index contributed by atoms with van der Waals surface area (Å²) in [4.78, 5) is 15.5. The lowest BCUT2D eigenvalue weighted by Gasteiger charge is -2.38. The molecule has 2 aliphatic heterocycles. The molecule has 0 bridgehead atoms. The summed E-state index contributed by atoms with van der Waals surface area (Å²) in [7, 11) is 0. The van der Waals surface area contributed by atoms with Crippen molar-refractivity contribution in [1.29, 1.82) is 0 Å². The third-order valence-corrected chi connectivity index (χ3v) is 6.85. The number of hydrogen-bond donors (Lipinski definition) is 0. The van der Waals surface area contributed by atoms with E-state index in [-0.39, 0.29) is 5.43 Å². The van der Waals surface area contributed by atoms with E-state index in [9.17, 15) is 4.79 Å². The van der Waals surface area contributed by atoms with Crippen LogP contribution in [0.4, 0.5) is 17.1 Å². The molecule has 5 aromatic carbocycles. The standard InChI is InChI=1S/C31H17NO4/c33-30-20-7-1-4-10-24(20)34-25-15-13-18(17-21(25)30)19-14-16-28-29-31(19)36-27-12-6-3-9-23(27)32(29)22-8-2-5-11-26(22)35-28/h1-17H. The van der Waals surface area contributed by atoms with E-state index < -0.39 is 0 Å². The van der Waals surface area contributed by atoms with Gasteiger partial charge in [0.1, 0.15) is 16.9 Å². The first kappa shape index (κ1) is 19.3. The van der Waals surface area contributed by atoms with Gasteiger partial charge in [-0.05, 0) is 66.2 Å². The van der Waals surface area contributed by atoms with Crippen LogP contribution >= 0.6 is 0 Å². The van der Waals surface area contributed by atoms with E-state index >= 15 is 0 Å². The van der Waals surface area contributed by atoms with Crippen molar-refractivity contribution in [3.8, 4) is 34.1 Å². The molecule has 1 aromatic heterocycles. The van der Waals surface area contributed by atoms with Gasteiger partial charge in [0.25, 0.3) is 0 Å². The maximum absolute atomic E-state index is 13.3. The van der Waals surface area contributed by atoms with Gasteiger partial charge >= 0.3 is 0 Å². The Morgan fingerprint density at radius 2 is 1.28 bits per heavy atom. The predicted molar refractivity (Wildman–Crippen MR) is 140 cm³/mol. The maximum atomic E-state index is 13.3. The second kappa shape index (κ2) is 6.99. The maximum Gasteiger partial charge on any atom is 0.200 e. The van der Waals surface area contributed by atoms with Gasteiger partial charge in [-0.3, -0.25) is 9.69 Å². The minimum Gasteiger partial charge on any atom is -0.456 e. The van der Waals surface area contributed by atoms with Crippen LogP contribution in [0.5, 0.6) is 23.0 Å². The number of nitrogens with zero attached hydrogens (tertiary/aromatic N) is 1. The fourth-order valence-corrected chi connectivity index (χ4v) is 5.20. The van der Waals surface area contributed by atoms with Crippen molar-refractivity contribution in [2.45, 2.75) is 0 Å². The van der Waals surface area contributed by atoms with Crippen LogP contribution in [0.25, 0.3) is 33.1 Å². The van der Waals surface area contributed by atoms with Crippen LogP contribution in [0.3, 0.4) is 0 Å². The summed E-state index contributed by atoms with van der Waals surface area (Å²) in [6.45, 7) is 0. The van der Waals surface area contributed by atoms with Crippen LogP contribution in [0, 0.1) is 0 Å². The molecule has 0 fully saturated rings. The Balaban J connectivity index is 1.39. The fourth-order valence-electron chi connectivity index (χ4n) is 5.20. The molecule has 0 N–H and O–H groups in total. The third kappa shape index (κ3) is 2.57. The van der Waals surface area contributed by atoms with Gasteiger partial charge in [-0.1, -0.05) is 42.5 Å². The molecular formula is C31H17NO4. The summed E-state index contributed by atoms with van der Waals surface area (Å²) in [5.74, 6) is 2.94. The normalized spacial score (nSPS) is 12.9. The van der Waals surface area contributed by atoms with E-state index in [2.05, 4.69) is 4.90 Å². The Hall–Kier alpha value is -5.03. The summed E-state index contributed by atoms with van der Waals surface area (Å²) in [5.41, 5.74) is 5.56. The molecule has 5 nitrogen and oxygen atoms in total. The Bertz CT molecular complexity index is 1930. The highest BCUT2D eigenvalue weighted by atomic mass is 16.5. The summed E-state index contributed by atoms with van der Waals surface area (Å²) in [6, 6.07) is 32.9. The van der Waals surface area contributed by atoms with Gasteiger partial charge in [-0.25, -0.2) is 0 Å². The number of para-hydroxylation sites is 5. The van der Waals surface area contributed by atoms with Crippen molar-refractivity contribution in [2.75, 3.05) is 4.90 Å². The molecule has 0 radical (unpaired) electrons. The van der Waals surface area contributed by atoms with Gasteiger partial charge in [0.15, 0.2) is 23.0 Å². The van der Waals surface area contributed by atoms with Crippen LogP contribution in [-0.4, -0.2) is 0 Å². The molecule has 6 aromatic rings. The van der Waals surface area contributed by atoms with Gasteiger partial charge < -0.3 is 13.9 Å². The molecule has 8 rings (SSSR count). The van der Waals surface area contributed by atoms with Gasteiger partial charge in [0.05, 0.1) is 22.1 Å². The first-order valence-corrected chi connectivity index (χ1v) is 11.7. The SMILES string of the molecule is O=c1c2ccccc2oc2ccc(-c3ccc4c5c3Oc3ccccc3N5c3ccccc3O4)cc12. The lowest BCUT2D eigenvalue weighted by atomic mass is 9.98. The first-order chi connectivity index (χ1) is 17.8. The summed E-state index contributed by atoms with van der Waals surface area (Å²) >= 11 is 0. The molecule has 3 heterocycles. The van der Waals surface area contributed by atoms with Crippen molar-refractivity contribution in [3.63, 3.8) is 0 Å². The van der Waals surface area contributed by atoms with Crippen molar-refractivity contribution in [2.24, 2.45) is 0 Å². The van der Waals surface area contributed by atoms with Crippen LogP contribution in [0.2, 0.25) is 0 Å². The fraction of sp³-hybridized carbons (Fsp3) is 0. The van der Waals surface area contributed by atoms with Gasteiger partial charge in [-0.15, -0.1) is 0 Å². The largest absolute Gasteiger partial charge is 0.456 e. The quantitative estimate of drug-likeness (QED) is 0.227. The molecule has 2 aliphatic rings. The third-order valence-electron chi connectivity index (χ3n) is 6.85. The first-order valence-electron chi connectivity index (χ1n) is 11.7. The lowest BCUT2D eigenvalue weighted by molar-refractivity contribution is 0.447. The Morgan fingerprint density at radius 1 is 0.583 bits per heavy atom. The highest BCUT2D eigenvalue weighted by molar-refractivity contribution is 5.99. The summed E-state index contributed by atoms with van der Waals surface area (Å²) in [6.07, 6.45) is 0. The predicted octanol–water partition coefficient (Wildman–Crippen LogP) is 8.29. The monoisotopic (exact) mass is 467 g/mol. The lowest BCUT2D eigenvalue weighted by Crippen LogP contribution is -2.20. The topological polar surface area (TPSA) is 51.9 Å². The molecule has 0 amide bonds. The van der Waals surface area contributed by atoms with Crippen molar-refractivity contribution >= 4 is 39.0 Å². The zero-order chi connectivity index (χ0) is 23.8. The summed E-state index contributed by atoms with van der Waals surface area (Å²) in [5, 5.41) is 1.10. The second-order valence-corrected chi connectivity index (χ2v) is 8.90. The van der Waals surface area contributed by atoms with Crippen molar-refractivity contribution < 1.29 is 13.9 Å². The molecule has 36 heavy (non-hydrogen) atoms. The van der Waals surface area contributed by atoms with E-state index in [1.807, 2.05) is 97.1 Å². The molecule has 0 unspecified atom stereocenters. The van der Waals surface area contributed by atoms with Crippen molar-refractivity contribution in [3.05, 3.63) is 113 Å². The number of benzene rings is 5. The average Bonchev–Trinajstić information content (AvgIpc) is 2.93. The Morgan fingerprint density at radius 3 is 2.11 bits per heavy atom. The van der Waals surface area contributed by atoms with E-state index in [0.717, 1.165) is 39.7 Å². The average molecular weight is 467 g/mol. The van der Waals surface area contributed by atoms with Crippen LogP contribution < -0.4 is 19.8 Å². The van der Waals surface area contributed by atoms with Crippen LogP contribution in [-0.2, 0) is 0 Å². The van der Waals surface area contributed by atoms with E-state index in [1.165, 1.54) is 0 Å². The number of hydrogen-bond acceptors (Lipinski definition) is 5.